The highest BCUT2D eigenvalue weighted by Gasteiger charge is 2.35. The molecule has 1 aromatic rings. The molecule has 8 atom stereocenters. The van der Waals surface area contributed by atoms with E-state index in [9.17, 15) is 24.3 Å². The first-order valence-corrected chi connectivity index (χ1v) is 19.8. The summed E-state index contributed by atoms with van der Waals surface area (Å²) in [4.78, 5) is 53.1. The number of carbonyl (C=O) groups is 4. The Morgan fingerprint density at radius 3 is 2.10 bits per heavy atom. The third-order valence-corrected chi connectivity index (χ3v) is 9.71. The third-order valence-electron chi connectivity index (χ3n) is 9.45. The van der Waals surface area contributed by atoms with Crippen molar-refractivity contribution in [2.24, 2.45) is 29.6 Å². The fourth-order valence-electron chi connectivity index (χ4n) is 6.64. The van der Waals surface area contributed by atoms with Gasteiger partial charge < -0.3 is 35.8 Å². The summed E-state index contributed by atoms with van der Waals surface area (Å²) in [7, 11) is 0. The van der Waals surface area contributed by atoms with Gasteiger partial charge in [-0.15, -0.1) is 0 Å². The molecule has 0 saturated carbocycles. The number of thiol groups is 1. The highest BCUT2D eigenvalue weighted by Crippen LogP contribution is 2.28. The zero-order valence-corrected chi connectivity index (χ0v) is 34.1. The predicted molar refractivity (Wildman–Crippen MR) is 209 cm³/mol. The molecular formula is C40H68N4O7S. The monoisotopic (exact) mass is 748 g/mol. The molecule has 0 spiro atoms. The van der Waals surface area contributed by atoms with Crippen molar-refractivity contribution >= 4 is 36.4 Å². The second-order valence-corrected chi connectivity index (χ2v) is 17.1. The molecule has 4 amide bonds. The molecule has 12 heteroatoms. The summed E-state index contributed by atoms with van der Waals surface area (Å²) in [6.07, 6.45) is 1.79. The Morgan fingerprint density at radius 1 is 0.885 bits per heavy atom. The molecule has 2 rings (SSSR count). The zero-order valence-electron chi connectivity index (χ0n) is 33.2. The van der Waals surface area contributed by atoms with Crippen LogP contribution in [0.3, 0.4) is 0 Å². The quantitative estimate of drug-likeness (QED) is 0.103. The van der Waals surface area contributed by atoms with E-state index in [1.54, 1.807) is 41.5 Å². The van der Waals surface area contributed by atoms with Crippen molar-refractivity contribution < 1.29 is 33.8 Å². The summed E-state index contributed by atoms with van der Waals surface area (Å²) >= 11 is 4.31. The molecule has 0 unspecified atom stereocenters. The van der Waals surface area contributed by atoms with E-state index in [1.807, 2.05) is 19.9 Å². The second kappa shape index (κ2) is 21.8. The van der Waals surface area contributed by atoms with Crippen LogP contribution in [0.5, 0.6) is 0 Å². The standard InChI is InChI=1S/C40H68N4O7S/c1-24(2)20-31(42-37(47)30(17-19-52)41-38(48)35(26(5)6)44-39(49)51-40(8,9)10)32(45)21-27(7)36(46)43-34(25(3)4)33-23-29(16-18-50-33)22-28-14-12-11-13-15-28/h11-15,24-27,29-35,45,52H,16-23H2,1-10H3,(H,41,48)(H,42,47)(H,43,46)(H,44,49)/t27-,29-,30+,31+,32+,33-,34+,35+/m1/s1. The Morgan fingerprint density at radius 2 is 1.54 bits per heavy atom. The van der Waals surface area contributed by atoms with Crippen molar-refractivity contribution in [1.29, 1.82) is 0 Å². The molecule has 1 aliphatic heterocycles. The Balaban J connectivity index is 2.08. The predicted octanol–water partition coefficient (Wildman–Crippen LogP) is 5.44. The molecule has 1 aliphatic rings. The maximum atomic E-state index is 13.6. The van der Waals surface area contributed by atoms with Crippen LogP contribution < -0.4 is 21.3 Å². The minimum atomic E-state index is -1.02. The maximum Gasteiger partial charge on any atom is 0.408 e. The van der Waals surface area contributed by atoms with Crippen LogP contribution in [0.2, 0.25) is 0 Å². The van der Waals surface area contributed by atoms with Gasteiger partial charge in [0, 0.05) is 12.5 Å². The normalized spacial score (nSPS) is 20.0. The van der Waals surface area contributed by atoms with Crippen LogP contribution in [0.25, 0.3) is 0 Å². The van der Waals surface area contributed by atoms with Gasteiger partial charge in [0.15, 0.2) is 0 Å². The van der Waals surface area contributed by atoms with E-state index in [1.165, 1.54) is 5.56 Å². The van der Waals surface area contributed by atoms with Crippen LogP contribution >= 0.6 is 12.6 Å². The van der Waals surface area contributed by atoms with Crippen molar-refractivity contribution in [2.75, 3.05) is 12.4 Å². The Labute approximate surface area is 318 Å². The third kappa shape index (κ3) is 16.0. The van der Waals surface area contributed by atoms with Crippen LogP contribution in [0.4, 0.5) is 4.79 Å². The van der Waals surface area contributed by atoms with Gasteiger partial charge in [-0.1, -0.05) is 78.8 Å². The molecule has 52 heavy (non-hydrogen) atoms. The van der Waals surface area contributed by atoms with Crippen molar-refractivity contribution in [3.8, 4) is 0 Å². The van der Waals surface area contributed by atoms with E-state index in [0.717, 1.165) is 19.3 Å². The lowest BCUT2D eigenvalue weighted by Gasteiger charge is -2.37. The molecular weight excluding hydrogens is 681 g/mol. The number of hydrogen-bond acceptors (Lipinski definition) is 8. The smallest absolute Gasteiger partial charge is 0.408 e. The van der Waals surface area contributed by atoms with Crippen molar-refractivity contribution in [3.63, 3.8) is 0 Å². The summed E-state index contributed by atoms with van der Waals surface area (Å²) in [5, 5.41) is 23.0. The number of aliphatic hydroxyl groups is 1. The lowest BCUT2D eigenvalue weighted by atomic mass is 9.84. The fraction of sp³-hybridized carbons (Fsp3) is 0.750. The molecule has 1 aromatic carbocycles. The van der Waals surface area contributed by atoms with Gasteiger partial charge in [-0.05, 0) is 94.3 Å². The Hall–Kier alpha value is -2.83. The van der Waals surface area contributed by atoms with Gasteiger partial charge in [-0.3, -0.25) is 14.4 Å². The number of benzene rings is 1. The first-order valence-electron chi connectivity index (χ1n) is 19.2. The van der Waals surface area contributed by atoms with Crippen molar-refractivity contribution in [3.05, 3.63) is 35.9 Å². The minimum Gasteiger partial charge on any atom is -0.444 e. The SMILES string of the molecule is CC(C)C[C@H](NC(=O)[C@H](CCS)NC(=O)[C@@H](NC(=O)OC(C)(C)C)C(C)C)[C@@H](O)C[C@@H](C)C(=O)N[C@@H](C(C)C)[C@H]1C[C@@H](Cc2ccccc2)CCO1. The molecule has 296 valence electrons. The van der Waals surface area contributed by atoms with Crippen LogP contribution in [-0.2, 0) is 30.3 Å². The molecule has 1 saturated heterocycles. The van der Waals surface area contributed by atoms with E-state index in [4.69, 9.17) is 9.47 Å². The molecule has 1 heterocycles. The lowest BCUT2D eigenvalue weighted by Crippen LogP contribution is -2.58. The van der Waals surface area contributed by atoms with Crippen LogP contribution in [-0.4, -0.2) is 83.3 Å². The average molecular weight is 749 g/mol. The average Bonchev–Trinajstić information content (AvgIpc) is 3.04. The number of nitrogens with one attached hydrogen (secondary N) is 4. The van der Waals surface area contributed by atoms with Crippen LogP contribution in [0.1, 0.15) is 107 Å². The number of ether oxygens (including phenoxy) is 2. The van der Waals surface area contributed by atoms with Gasteiger partial charge in [-0.25, -0.2) is 4.79 Å². The summed E-state index contributed by atoms with van der Waals surface area (Å²) in [6.45, 7) is 19.4. The molecule has 5 N–H and O–H groups in total. The van der Waals surface area contributed by atoms with E-state index in [0.29, 0.717) is 24.7 Å². The largest absolute Gasteiger partial charge is 0.444 e. The number of rotatable bonds is 19. The minimum absolute atomic E-state index is 0.106. The zero-order chi connectivity index (χ0) is 39.2. The first-order chi connectivity index (χ1) is 24.3. The number of alkyl carbamates (subject to hydrolysis) is 1. The summed E-state index contributed by atoms with van der Waals surface area (Å²) in [6, 6.07) is 7.71. The fourth-order valence-corrected chi connectivity index (χ4v) is 6.90. The highest BCUT2D eigenvalue weighted by atomic mass is 32.1. The molecule has 0 aromatic heterocycles. The lowest BCUT2D eigenvalue weighted by molar-refractivity contribution is -0.132. The van der Waals surface area contributed by atoms with E-state index < -0.39 is 53.7 Å². The van der Waals surface area contributed by atoms with E-state index in [2.05, 4.69) is 72.0 Å². The summed E-state index contributed by atoms with van der Waals surface area (Å²) < 4.78 is 11.6. The van der Waals surface area contributed by atoms with E-state index in [-0.39, 0.29) is 48.6 Å². The summed E-state index contributed by atoms with van der Waals surface area (Å²) in [5.74, 6) is -0.938. The topological polar surface area (TPSA) is 155 Å². The Kier molecular flexibility index (Phi) is 19.0. The van der Waals surface area contributed by atoms with E-state index >= 15 is 0 Å². The molecule has 0 aliphatic carbocycles. The van der Waals surface area contributed by atoms with Gasteiger partial charge in [-0.2, -0.15) is 12.6 Å². The molecule has 0 bridgehead atoms. The first kappa shape index (κ1) is 45.3. The summed E-state index contributed by atoms with van der Waals surface area (Å²) in [5.41, 5.74) is 0.561. The van der Waals surface area contributed by atoms with Crippen molar-refractivity contribution in [1.82, 2.24) is 21.3 Å². The van der Waals surface area contributed by atoms with Gasteiger partial charge in [0.25, 0.3) is 0 Å². The van der Waals surface area contributed by atoms with Gasteiger partial charge in [0.05, 0.1) is 24.3 Å². The van der Waals surface area contributed by atoms with Gasteiger partial charge in [0.2, 0.25) is 17.7 Å². The number of carbonyl (C=O) groups excluding carboxylic acids is 4. The Bertz CT molecular complexity index is 1260. The van der Waals surface area contributed by atoms with Gasteiger partial charge in [0.1, 0.15) is 17.7 Å². The molecule has 11 nitrogen and oxygen atoms in total. The van der Waals surface area contributed by atoms with Gasteiger partial charge >= 0.3 is 6.09 Å². The maximum absolute atomic E-state index is 13.6. The van der Waals surface area contributed by atoms with Crippen LogP contribution in [0.15, 0.2) is 30.3 Å². The number of amides is 4. The van der Waals surface area contributed by atoms with Crippen molar-refractivity contribution in [2.45, 2.75) is 150 Å². The number of aliphatic hydroxyl groups excluding tert-OH is 1. The number of hydrogen-bond donors (Lipinski definition) is 6. The van der Waals surface area contributed by atoms with Crippen LogP contribution in [0, 0.1) is 29.6 Å². The second-order valence-electron chi connectivity index (χ2n) is 16.7. The highest BCUT2D eigenvalue weighted by molar-refractivity contribution is 7.80. The molecule has 1 fully saturated rings. The molecule has 0 radical (unpaired) electrons.